The summed E-state index contributed by atoms with van der Waals surface area (Å²) >= 11 is 14.8. The molecule has 0 radical (unpaired) electrons. The number of amides is 1. The molecule has 0 fully saturated rings. The predicted octanol–water partition coefficient (Wildman–Crippen LogP) is 5.47. The van der Waals surface area contributed by atoms with Gasteiger partial charge < -0.3 is 24.8 Å². The number of hydrogen-bond donors (Lipinski definition) is 3. The number of hydrogen-bond acceptors (Lipinski definition) is 9. The van der Waals surface area contributed by atoms with Crippen LogP contribution in [0.15, 0.2) is 81.5 Å². The number of carbonyl (C=O) groups is 2. The number of thiocarbonyl (C=S) groups is 1. The fourth-order valence-electron chi connectivity index (χ4n) is 4.33. The molecule has 1 atom stereocenters. The summed E-state index contributed by atoms with van der Waals surface area (Å²) in [6, 6.07) is 16.0. The number of nitrogens with zero attached hydrogens (tertiary/aromatic N) is 2. The first-order valence-electron chi connectivity index (χ1n) is 13.4. The Morgan fingerprint density at radius 3 is 2.64 bits per heavy atom. The number of hydrazone groups is 1. The lowest BCUT2D eigenvalue weighted by Crippen LogP contribution is -2.45. The van der Waals surface area contributed by atoms with Crippen LogP contribution in [0.5, 0.6) is 11.5 Å². The van der Waals surface area contributed by atoms with E-state index in [1.165, 1.54) is 12.3 Å². The molecular weight excluding hydrogens is 690 g/mol. The minimum absolute atomic E-state index is 0.0200. The first-order valence-corrected chi connectivity index (χ1v) is 15.0. The molecule has 1 aliphatic rings. The largest absolute Gasteiger partial charge is 0.483 e. The second kappa shape index (κ2) is 15.5. The molecule has 0 bridgehead atoms. The van der Waals surface area contributed by atoms with E-state index in [9.17, 15) is 19.7 Å². The van der Waals surface area contributed by atoms with Crippen LogP contribution >= 0.6 is 39.7 Å². The minimum atomic E-state index is -0.680. The van der Waals surface area contributed by atoms with Gasteiger partial charge in [0.25, 0.3) is 5.91 Å². The summed E-state index contributed by atoms with van der Waals surface area (Å²) in [5.74, 6) is -0.759. The van der Waals surface area contributed by atoms with Gasteiger partial charge in [0.05, 0.1) is 33.8 Å². The third-order valence-corrected chi connectivity index (χ3v) is 7.51. The maximum atomic E-state index is 12.7. The lowest BCUT2D eigenvalue weighted by atomic mass is 9.95. The van der Waals surface area contributed by atoms with E-state index in [1.807, 2.05) is 0 Å². The van der Waals surface area contributed by atoms with Crippen molar-refractivity contribution in [3.8, 4) is 11.5 Å². The molecule has 45 heavy (non-hydrogen) atoms. The van der Waals surface area contributed by atoms with Crippen LogP contribution in [-0.4, -0.2) is 41.3 Å². The molecule has 0 spiro atoms. The number of carbonyl (C=O) groups excluding carboxylic acids is 2. The average molecular weight is 717 g/mol. The summed E-state index contributed by atoms with van der Waals surface area (Å²) < 4.78 is 17.0. The Labute approximate surface area is 277 Å². The SMILES string of the molecule is CCOC(=O)C1=C(C)NC(=S)N[C@H]1c1ccccc1OCC(=O)NN=Cc1cc(Br)c(OCc2ccccc2Cl)c([N+](=O)[O-])c1. The van der Waals surface area contributed by atoms with Crippen molar-refractivity contribution in [2.24, 2.45) is 5.10 Å². The highest BCUT2D eigenvalue weighted by Crippen LogP contribution is 2.37. The fourth-order valence-corrected chi connectivity index (χ4v) is 5.37. The maximum Gasteiger partial charge on any atom is 0.338 e. The Morgan fingerprint density at radius 1 is 1.18 bits per heavy atom. The van der Waals surface area contributed by atoms with Crippen molar-refractivity contribution in [1.29, 1.82) is 0 Å². The number of ether oxygens (including phenoxy) is 3. The molecule has 234 valence electrons. The zero-order chi connectivity index (χ0) is 32.5. The second-order valence-corrected chi connectivity index (χ2v) is 11.1. The van der Waals surface area contributed by atoms with E-state index in [0.29, 0.717) is 48.3 Å². The average Bonchev–Trinajstić information content (AvgIpc) is 2.99. The molecule has 0 saturated heterocycles. The van der Waals surface area contributed by atoms with Crippen molar-refractivity contribution < 1.29 is 28.7 Å². The van der Waals surface area contributed by atoms with Crippen molar-refractivity contribution in [2.75, 3.05) is 13.2 Å². The molecule has 3 N–H and O–H groups in total. The lowest BCUT2D eigenvalue weighted by molar-refractivity contribution is -0.386. The number of halogens is 2. The van der Waals surface area contributed by atoms with Gasteiger partial charge in [-0.25, -0.2) is 10.2 Å². The Morgan fingerprint density at radius 2 is 1.91 bits per heavy atom. The number of allylic oxidation sites excluding steroid dienone is 1. The van der Waals surface area contributed by atoms with Gasteiger partial charge in [0, 0.05) is 33.5 Å². The molecule has 1 heterocycles. The summed E-state index contributed by atoms with van der Waals surface area (Å²) in [5.41, 5.74) is 4.46. The van der Waals surface area contributed by atoms with Crippen molar-refractivity contribution in [3.63, 3.8) is 0 Å². The van der Waals surface area contributed by atoms with E-state index in [1.54, 1.807) is 68.4 Å². The molecule has 4 rings (SSSR count). The van der Waals surface area contributed by atoms with E-state index < -0.39 is 29.4 Å². The number of nitro groups is 1. The highest BCUT2D eigenvalue weighted by Gasteiger charge is 2.32. The topological polar surface area (TPSA) is 153 Å². The van der Waals surface area contributed by atoms with Gasteiger partial charge in [-0.2, -0.15) is 5.10 Å². The molecule has 0 aliphatic carbocycles. The summed E-state index contributed by atoms with van der Waals surface area (Å²) in [4.78, 5) is 36.5. The second-order valence-electron chi connectivity index (χ2n) is 9.40. The van der Waals surface area contributed by atoms with Gasteiger partial charge in [-0.05, 0) is 60.2 Å². The number of nitro benzene ring substituents is 1. The zero-order valence-electron chi connectivity index (χ0n) is 24.0. The van der Waals surface area contributed by atoms with Crippen LogP contribution in [0, 0.1) is 10.1 Å². The Balaban J connectivity index is 1.42. The van der Waals surface area contributed by atoms with E-state index in [4.69, 9.17) is 38.0 Å². The maximum absolute atomic E-state index is 12.7. The van der Waals surface area contributed by atoms with Crippen LogP contribution in [-0.2, 0) is 20.9 Å². The van der Waals surface area contributed by atoms with Crippen LogP contribution in [0.1, 0.15) is 36.6 Å². The van der Waals surface area contributed by atoms with Crippen molar-refractivity contribution in [2.45, 2.75) is 26.5 Å². The summed E-state index contributed by atoms with van der Waals surface area (Å²) in [5, 5.41) is 22.5. The van der Waals surface area contributed by atoms with Gasteiger partial charge in [0.2, 0.25) is 5.75 Å². The fraction of sp³-hybridized carbons (Fsp3) is 0.200. The molecule has 1 amide bonds. The first-order chi connectivity index (χ1) is 21.6. The Bertz CT molecular complexity index is 1700. The van der Waals surface area contributed by atoms with E-state index in [-0.39, 0.29) is 24.7 Å². The Hall–Kier alpha value is -4.53. The molecule has 1 aliphatic heterocycles. The van der Waals surface area contributed by atoms with Crippen LogP contribution in [0.3, 0.4) is 0 Å². The van der Waals surface area contributed by atoms with E-state index in [2.05, 4.69) is 37.1 Å². The van der Waals surface area contributed by atoms with Crippen LogP contribution < -0.4 is 25.5 Å². The van der Waals surface area contributed by atoms with Crippen LogP contribution in [0.4, 0.5) is 5.69 Å². The lowest BCUT2D eigenvalue weighted by Gasteiger charge is -2.30. The number of benzene rings is 3. The molecule has 0 saturated carbocycles. The molecule has 12 nitrogen and oxygen atoms in total. The summed E-state index contributed by atoms with van der Waals surface area (Å²) in [6.07, 6.45) is 1.25. The third kappa shape index (κ3) is 8.56. The molecule has 3 aromatic rings. The third-order valence-electron chi connectivity index (χ3n) is 6.33. The first kappa shape index (κ1) is 33.4. The normalized spacial score (nSPS) is 14.4. The predicted molar refractivity (Wildman–Crippen MR) is 175 cm³/mol. The number of esters is 1. The van der Waals surface area contributed by atoms with Gasteiger partial charge in [0.1, 0.15) is 12.4 Å². The van der Waals surface area contributed by atoms with E-state index >= 15 is 0 Å². The molecule has 0 unspecified atom stereocenters. The van der Waals surface area contributed by atoms with Gasteiger partial charge in [-0.1, -0.05) is 48.0 Å². The smallest absolute Gasteiger partial charge is 0.338 e. The van der Waals surface area contributed by atoms with E-state index in [0.717, 1.165) is 0 Å². The van der Waals surface area contributed by atoms with Gasteiger partial charge in [-0.3, -0.25) is 14.9 Å². The van der Waals surface area contributed by atoms with Gasteiger partial charge >= 0.3 is 11.7 Å². The van der Waals surface area contributed by atoms with Crippen molar-refractivity contribution >= 4 is 68.6 Å². The zero-order valence-corrected chi connectivity index (χ0v) is 27.1. The highest BCUT2D eigenvalue weighted by molar-refractivity contribution is 9.10. The summed E-state index contributed by atoms with van der Waals surface area (Å²) in [7, 11) is 0. The number of para-hydroxylation sites is 1. The van der Waals surface area contributed by atoms with Gasteiger partial charge in [-0.15, -0.1) is 0 Å². The van der Waals surface area contributed by atoms with Crippen LogP contribution in [0.25, 0.3) is 0 Å². The van der Waals surface area contributed by atoms with Crippen molar-refractivity contribution in [1.82, 2.24) is 16.1 Å². The Kier molecular flexibility index (Phi) is 11.5. The highest BCUT2D eigenvalue weighted by atomic mass is 79.9. The molecular formula is C30H27BrClN5O7S. The molecule has 3 aromatic carbocycles. The number of nitrogens with one attached hydrogen (secondary N) is 3. The number of rotatable bonds is 12. The molecule has 0 aromatic heterocycles. The van der Waals surface area contributed by atoms with Gasteiger partial charge in [0.15, 0.2) is 11.7 Å². The standard InChI is InChI=1S/C30H27BrClN5O7S/c1-3-42-29(39)26-17(2)34-30(45)35-27(26)20-9-5-7-11-24(20)43-16-25(38)36-33-14-18-12-21(31)28(23(13-18)37(40)41)44-15-19-8-4-6-10-22(19)32/h4-14,27H,3,15-16H2,1-2H3,(H,36,38)(H2,34,35,45)/t27-/m0/s1. The minimum Gasteiger partial charge on any atom is -0.483 e. The quantitative estimate of drug-likeness (QED) is 0.0723. The molecule has 15 heteroatoms. The van der Waals surface area contributed by atoms with Crippen molar-refractivity contribution in [3.05, 3.63) is 108 Å². The monoisotopic (exact) mass is 715 g/mol. The summed E-state index contributed by atoms with van der Waals surface area (Å²) in [6.45, 7) is 3.22. The van der Waals surface area contributed by atoms with Crippen LogP contribution in [0.2, 0.25) is 5.02 Å².